The molecule has 1 nitrogen and oxygen atoms in total. The third-order valence-electron chi connectivity index (χ3n) is 8.98. The lowest BCUT2D eigenvalue weighted by atomic mass is 9.86. The molecule has 7 aromatic carbocycles. The number of benzene rings is 7. The third-order valence-corrected chi connectivity index (χ3v) is 11.3. The van der Waals surface area contributed by atoms with Crippen LogP contribution in [-0.2, 0) is 0 Å². The molecule has 0 atom stereocenters. The molecule has 0 radical (unpaired) electrons. The van der Waals surface area contributed by atoms with Crippen LogP contribution in [0.5, 0.6) is 0 Å². The van der Waals surface area contributed by atoms with E-state index in [-0.39, 0.29) is 0 Å². The van der Waals surface area contributed by atoms with Gasteiger partial charge in [-0.3, -0.25) is 0 Å². The summed E-state index contributed by atoms with van der Waals surface area (Å²) in [5, 5.41) is 15.2. The Labute approximate surface area is 274 Å². The summed E-state index contributed by atoms with van der Waals surface area (Å²) in [6.45, 7) is 0. The second-order valence-electron chi connectivity index (χ2n) is 11.6. The summed E-state index contributed by atoms with van der Waals surface area (Å²) in [6.07, 6.45) is 0. The van der Waals surface area contributed by atoms with Gasteiger partial charge in [-0.05, 0) is 75.3 Å². The maximum Gasteiger partial charge on any atom is 0.0998 e. The molecular formula is C43H25NS2. The van der Waals surface area contributed by atoms with Crippen molar-refractivity contribution < 1.29 is 0 Å². The Bertz CT molecular complexity index is 2670. The molecule has 0 saturated heterocycles. The molecule has 0 saturated carbocycles. The van der Waals surface area contributed by atoms with Gasteiger partial charge in [0.25, 0.3) is 0 Å². The lowest BCUT2D eigenvalue weighted by Crippen LogP contribution is -1.92. The molecule has 0 unspecified atom stereocenters. The van der Waals surface area contributed by atoms with Crippen molar-refractivity contribution in [3.05, 3.63) is 157 Å². The third kappa shape index (κ3) is 4.27. The van der Waals surface area contributed by atoms with E-state index in [0.717, 1.165) is 22.3 Å². The van der Waals surface area contributed by atoms with Crippen LogP contribution < -0.4 is 0 Å². The Kier molecular flexibility index (Phi) is 6.31. The standard InChI is InChI=1S/C43H25NS2/c44-26-29-10-1-2-11-30(29)33-12-3-4-13-34(33)38-24-28(32-16-9-17-37-35-14-5-8-19-41(35)46-43(32)37)20-22-31(38)27-21-23-42-39(25-27)36-15-6-7-18-40(36)45-42/h1-25H. The first-order valence-corrected chi connectivity index (χ1v) is 17.0. The fourth-order valence-corrected chi connectivity index (χ4v) is 9.15. The van der Waals surface area contributed by atoms with Crippen LogP contribution in [0.4, 0.5) is 0 Å². The van der Waals surface area contributed by atoms with E-state index in [4.69, 9.17) is 0 Å². The van der Waals surface area contributed by atoms with Gasteiger partial charge in [-0.25, -0.2) is 0 Å². The monoisotopic (exact) mass is 619 g/mol. The normalized spacial score (nSPS) is 11.5. The summed E-state index contributed by atoms with van der Waals surface area (Å²) in [7, 11) is 0. The summed E-state index contributed by atoms with van der Waals surface area (Å²) in [5.74, 6) is 0. The number of rotatable bonds is 4. The highest BCUT2D eigenvalue weighted by atomic mass is 32.1. The quantitative estimate of drug-likeness (QED) is 0.192. The summed E-state index contributed by atoms with van der Waals surface area (Å²) in [4.78, 5) is 0. The van der Waals surface area contributed by atoms with Gasteiger partial charge >= 0.3 is 0 Å². The number of hydrogen-bond donors (Lipinski definition) is 0. The molecule has 0 bridgehead atoms. The van der Waals surface area contributed by atoms with Crippen molar-refractivity contribution in [3.8, 4) is 50.6 Å². The van der Waals surface area contributed by atoms with Crippen LogP contribution in [-0.4, -0.2) is 0 Å². The van der Waals surface area contributed by atoms with Gasteiger partial charge in [0.1, 0.15) is 0 Å². The van der Waals surface area contributed by atoms with Gasteiger partial charge < -0.3 is 0 Å². The molecule has 0 spiro atoms. The van der Waals surface area contributed by atoms with Gasteiger partial charge in [-0.15, -0.1) is 22.7 Å². The van der Waals surface area contributed by atoms with Gasteiger partial charge in [-0.2, -0.15) is 5.26 Å². The summed E-state index contributed by atoms with van der Waals surface area (Å²) < 4.78 is 5.20. The minimum atomic E-state index is 0.675. The van der Waals surface area contributed by atoms with E-state index in [9.17, 15) is 5.26 Å². The van der Waals surface area contributed by atoms with Crippen LogP contribution in [0.25, 0.3) is 84.9 Å². The maximum absolute atomic E-state index is 10.0. The molecule has 0 amide bonds. The average Bonchev–Trinajstić information content (AvgIpc) is 3.69. The zero-order valence-corrected chi connectivity index (χ0v) is 26.3. The smallest absolute Gasteiger partial charge is 0.0998 e. The van der Waals surface area contributed by atoms with Crippen LogP contribution in [0.3, 0.4) is 0 Å². The molecule has 2 heterocycles. The molecule has 0 aliphatic carbocycles. The first-order valence-electron chi connectivity index (χ1n) is 15.3. The molecule has 2 aromatic heterocycles. The first kappa shape index (κ1) is 26.8. The van der Waals surface area contributed by atoms with Gasteiger partial charge in [0.2, 0.25) is 0 Å². The van der Waals surface area contributed by atoms with Gasteiger partial charge in [0.05, 0.1) is 11.6 Å². The number of nitrogens with zero attached hydrogens (tertiary/aromatic N) is 1. The topological polar surface area (TPSA) is 23.8 Å². The zero-order valence-electron chi connectivity index (χ0n) is 24.7. The fourth-order valence-electron chi connectivity index (χ4n) is 6.82. The zero-order chi connectivity index (χ0) is 30.6. The van der Waals surface area contributed by atoms with E-state index in [1.54, 1.807) is 0 Å². The Morgan fingerprint density at radius 3 is 1.74 bits per heavy atom. The minimum absolute atomic E-state index is 0.675. The SMILES string of the molecule is N#Cc1ccccc1-c1ccccc1-c1cc(-c2cccc3c2sc2ccccc23)ccc1-c1ccc2sc3ccccc3c2c1. The van der Waals surface area contributed by atoms with Gasteiger partial charge in [0, 0.05) is 45.9 Å². The maximum atomic E-state index is 10.0. The highest BCUT2D eigenvalue weighted by Crippen LogP contribution is 2.45. The van der Waals surface area contributed by atoms with Crippen molar-refractivity contribution in [1.29, 1.82) is 5.26 Å². The van der Waals surface area contributed by atoms with E-state index in [1.165, 1.54) is 62.6 Å². The molecule has 0 aliphatic heterocycles. The van der Waals surface area contributed by atoms with Gasteiger partial charge in [0.15, 0.2) is 0 Å². The lowest BCUT2D eigenvalue weighted by molar-refractivity contribution is 1.47. The highest BCUT2D eigenvalue weighted by molar-refractivity contribution is 7.26. The Morgan fingerprint density at radius 1 is 0.370 bits per heavy atom. The summed E-state index contributed by atoms with van der Waals surface area (Å²) in [5.41, 5.74) is 9.71. The molecular weight excluding hydrogens is 595 g/mol. The lowest BCUT2D eigenvalue weighted by Gasteiger charge is -2.17. The second-order valence-corrected chi connectivity index (χ2v) is 13.7. The Hall–Kier alpha value is -5.53. The van der Waals surface area contributed by atoms with E-state index in [0.29, 0.717) is 5.56 Å². The van der Waals surface area contributed by atoms with Crippen LogP contribution in [0.2, 0.25) is 0 Å². The molecule has 9 rings (SSSR count). The van der Waals surface area contributed by atoms with E-state index in [2.05, 4.69) is 140 Å². The van der Waals surface area contributed by atoms with Crippen LogP contribution >= 0.6 is 22.7 Å². The molecule has 46 heavy (non-hydrogen) atoms. The molecule has 9 aromatic rings. The minimum Gasteiger partial charge on any atom is -0.192 e. The summed E-state index contributed by atoms with van der Waals surface area (Å²) in [6, 6.07) is 56.7. The van der Waals surface area contributed by atoms with Crippen molar-refractivity contribution in [2.75, 3.05) is 0 Å². The van der Waals surface area contributed by atoms with Crippen molar-refractivity contribution in [3.63, 3.8) is 0 Å². The molecule has 0 N–H and O–H groups in total. The molecule has 214 valence electrons. The van der Waals surface area contributed by atoms with Gasteiger partial charge in [-0.1, -0.05) is 115 Å². The van der Waals surface area contributed by atoms with Crippen LogP contribution in [0.1, 0.15) is 5.56 Å². The second kappa shape index (κ2) is 10.8. The highest BCUT2D eigenvalue weighted by Gasteiger charge is 2.18. The van der Waals surface area contributed by atoms with E-state index >= 15 is 0 Å². The number of fused-ring (bicyclic) bond motifs is 6. The number of nitriles is 1. The van der Waals surface area contributed by atoms with Crippen molar-refractivity contribution in [2.45, 2.75) is 0 Å². The van der Waals surface area contributed by atoms with Crippen molar-refractivity contribution >= 4 is 63.0 Å². The van der Waals surface area contributed by atoms with Crippen molar-refractivity contribution in [1.82, 2.24) is 0 Å². The number of hydrogen-bond acceptors (Lipinski definition) is 3. The largest absolute Gasteiger partial charge is 0.192 e. The van der Waals surface area contributed by atoms with Crippen LogP contribution in [0, 0.1) is 11.3 Å². The molecule has 0 fully saturated rings. The average molecular weight is 620 g/mol. The predicted molar refractivity (Wildman–Crippen MR) is 199 cm³/mol. The van der Waals surface area contributed by atoms with E-state index in [1.807, 2.05) is 40.9 Å². The predicted octanol–water partition coefficient (Wildman–Crippen LogP) is 13.0. The molecule has 0 aliphatic rings. The summed E-state index contributed by atoms with van der Waals surface area (Å²) >= 11 is 3.70. The van der Waals surface area contributed by atoms with Crippen molar-refractivity contribution in [2.24, 2.45) is 0 Å². The Morgan fingerprint density at radius 2 is 0.935 bits per heavy atom. The molecule has 3 heteroatoms. The number of thiophene rings is 2. The first-order chi connectivity index (χ1) is 22.8. The van der Waals surface area contributed by atoms with Crippen LogP contribution in [0.15, 0.2) is 152 Å². The fraction of sp³-hybridized carbons (Fsp3) is 0. The van der Waals surface area contributed by atoms with E-state index < -0.39 is 0 Å². The Balaban J connectivity index is 1.32.